The van der Waals surface area contributed by atoms with Crippen molar-refractivity contribution in [1.29, 1.82) is 0 Å². The molecule has 1 aliphatic rings. The number of rotatable bonds is 3. The number of anilines is 1. The van der Waals surface area contributed by atoms with Gasteiger partial charge in [-0.2, -0.15) is 0 Å². The summed E-state index contributed by atoms with van der Waals surface area (Å²) >= 11 is 0. The van der Waals surface area contributed by atoms with Gasteiger partial charge in [0.25, 0.3) is 10.0 Å². The predicted octanol–water partition coefficient (Wildman–Crippen LogP) is 1.47. The molecule has 1 aromatic heterocycles. The molecule has 3 rings (SSSR count). The molecule has 0 atom stereocenters. The van der Waals surface area contributed by atoms with Gasteiger partial charge in [0, 0.05) is 26.0 Å². The molecule has 1 aliphatic heterocycles. The molecule has 0 saturated carbocycles. The van der Waals surface area contributed by atoms with E-state index in [2.05, 4.69) is 0 Å². The minimum Gasteiger partial charge on any atom is -0.478 e. The summed E-state index contributed by atoms with van der Waals surface area (Å²) in [5.74, 6) is -1.07. The molecule has 0 bridgehead atoms. The number of aromatic nitrogens is 1. The maximum absolute atomic E-state index is 12.7. The van der Waals surface area contributed by atoms with Crippen molar-refractivity contribution in [1.82, 2.24) is 4.57 Å². The molecule has 1 aromatic carbocycles. The molecule has 0 unspecified atom stereocenters. The molecule has 0 aliphatic carbocycles. The van der Waals surface area contributed by atoms with Crippen molar-refractivity contribution in [3.05, 3.63) is 47.8 Å². The fourth-order valence-corrected chi connectivity index (χ4v) is 4.04. The van der Waals surface area contributed by atoms with E-state index in [1.54, 1.807) is 23.9 Å². The maximum Gasteiger partial charge on any atom is 0.335 e. The first kappa shape index (κ1) is 13.7. The summed E-state index contributed by atoms with van der Waals surface area (Å²) in [6.07, 6.45) is 3.78. The lowest BCUT2D eigenvalue weighted by atomic mass is 10.1. The van der Waals surface area contributed by atoms with Crippen LogP contribution in [0.4, 0.5) is 5.69 Å². The average Bonchev–Trinajstić information content (AvgIpc) is 3.04. The second-order valence-corrected chi connectivity index (χ2v) is 6.85. The topological polar surface area (TPSA) is 79.6 Å². The van der Waals surface area contributed by atoms with Crippen molar-refractivity contribution >= 4 is 21.7 Å². The third kappa shape index (κ3) is 2.19. The Morgan fingerprint density at radius 1 is 1.29 bits per heavy atom. The number of hydrogen-bond donors (Lipinski definition) is 1. The zero-order valence-electron chi connectivity index (χ0n) is 11.4. The summed E-state index contributed by atoms with van der Waals surface area (Å²) in [6, 6.07) is 6.14. The van der Waals surface area contributed by atoms with Crippen LogP contribution in [0.3, 0.4) is 0 Å². The van der Waals surface area contributed by atoms with Crippen LogP contribution in [0.15, 0.2) is 41.6 Å². The van der Waals surface area contributed by atoms with E-state index in [4.69, 9.17) is 5.11 Å². The van der Waals surface area contributed by atoms with Crippen molar-refractivity contribution in [2.45, 2.75) is 11.3 Å². The molecule has 6 nitrogen and oxygen atoms in total. The minimum absolute atomic E-state index is 0.0870. The third-order valence-corrected chi connectivity index (χ3v) is 5.37. The Balaban J connectivity index is 2.08. The van der Waals surface area contributed by atoms with Gasteiger partial charge in [0.1, 0.15) is 4.90 Å². The van der Waals surface area contributed by atoms with Crippen molar-refractivity contribution in [3.63, 3.8) is 0 Å². The molecular weight excluding hydrogens is 292 g/mol. The Morgan fingerprint density at radius 2 is 2.05 bits per heavy atom. The molecule has 0 spiro atoms. The van der Waals surface area contributed by atoms with Crippen molar-refractivity contribution in [2.24, 2.45) is 7.05 Å². The predicted molar refractivity (Wildman–Crippen MR) is 77.1 cm³/mol. The van der Waals surface area contributed by atoms with Crippen LogP contribution in [0.25, 0.3) is 0 Å². The van der Waals surface area contributed by atoms with Crippen LogP contribution in [0.1, 0.15) is 15.9 Å². The average molecular weight is 306 g/mol. The smallest absolute Gasteiger partial charge is 0.335 e. The maximum atomic E-state index is 12.7. The quantitative estimate of drug-likeness (QED) is 0.931. The van der Waals surface area contributed by atoms with Crippen LogP contribution in [-0.4, -0.2) is 30.6 Å². The van der Waals surface area contributed by atoms with Crippen molar-refractivity contribution < 1.29 is 18.3 Å². The molecular formula is C14H14N2O4S. The molecule has 2 aromatic rings. The number of aromatic carboxylic acids is 1. The Bertz CT molecular complexity index is 823. The number of sulfonamides is 1. The number of carbonyl (C=O) groups is 1. The number of nitrogens with zero attached hydrogens (tertiary/aromatic N) is 2. The summed E-state index contributed by atoms with van der Waals surface area (Å²) in [4.78, 5) is 11.3. The molecule has 2 heterocycles. The van der Waals surface area contributed by atoms with E-state index >= 15 is 0 Å². The van der Waals surface area contributed by atoms with E-state index in [1.807, 2.05) is 0 Å². The first-order chi connectivity index (χ1) is 9.89. The first-order valence-corrected chi connectivity index (χ1v) is 7.84. The van der Waals surface area contributed by atoms with Crippen LogP contribution in [0.5, 0.6) is 0 Å². The van der Waals surface area contributed by atoms with Gasteiger partial charge in [0.15, 0.2) is 0 Å². The summed E-state index contributed by atoms with van der Waals surface area (Å²) in [6.45, 7) is 0.329. The fraction of sp³-hybridized carbons (Fsp3) is 0.214. The highest BCUT2D eigenvalue weighted by atomic mass is 32.2. The molecule has 7 heteroatoms. The highest BCUT2D eigenvalue weighted by Crippen LogP contribution is 2.33. The fourth-order valence-electron chi connectivity index (χ4n) is 2.49. The van der Waals surface area contributed by atoms with Gasteiger partial charge in [-0.05, 0) is 30.2 Å². The van der Waals surface area contributed by atoms with Gasteiger partial charge in [-0.3, -0.25) is 4.31 Å². The third-order valence-electron chi connectivity index (χ3n) is 3.58. The van der Waals surface area contributed by atoms with E-state index in [1.165, 1.54) is 28.7 Å². The lowest BCUT2D eigenvalue weighted by molar-refractivity contribution is 0.0697. The molecule has 0 amide bonds. The lowest BCUT2D eigenvalue weighted by Gasteiger charge is -2.19. The number of fused-ring (bicyclic) bond motifs is 1. The van der Waals surface area contributed by atoms with Crippen LogP contribution in [-0.2, 0) is 23.5 Å². The lowest BCUT2D eigenvalue weighted by Crippen LogP contribution is -2.29. The summed E-state index contributed by atoms with van der Waals surface area (Å²) in [5.41, 5.74) is 1.39. The van der Waals surface area contributed by atoms with Gasteiger partial charge in [-0.1, -0.05) is 6.07 Å². The second-order valence-electron chi connectivity index (χ2n) is 4.99. The van der Waals surface area contributed by atoms with Gasteiger partial charge in [-0.15, -0.1) is 0 Å². The zero-order valence-corrected chi connectivity index (χ0v) is 12.2. The Kier molecular flexibility index (Phi) is 3.02. The highest BCUT2D eigenvalue weighted by Gasteiger charge is 2.31. The van der Waals surface area contributed by atoms with Gasteiger partial charge >= 0.3 is 5.97 Å². The van der Waals surface area contributed by atoms with E-state index in [-0.39, 0.29) is 10.5 Å². The molecule has 0 saturated heterocycles. The molecule has 21 heavy (non-hydrogen) atoms. The number of benzene rings is 1. The zero-order chi connectivity index (χ0) is 15.2. The van der Waals surface area contributed by atoms with E-state index in [0.717, 1.165) is 5.56 Å². The largest absolute Gasteiger partial charge is 0.478 e. The first-order valence-electron chi connectivity index (χ1n) is 6.40. The van der Waals surface area contributed by atoms with Crippen LogP contribution in [0, 0.1) is 0 Å². The van der Waals surface area contributed by atoms with Crippen LogP contribution >= 0.6 is 0 Å². The number of carboxylic acid groups (broad SMARTS) is 1. The monoisotopic (exact) mass is 306 g/mol. The van der Waals surface area contributed by atoms with Crippen LogP contribution < -0.4 is 4.31 Å². The van der Waals surface area contributed by atoms with Crippen molar-refractivity contribution in [2.75, 3.05) is 10.8 Å². The Hall–Kier alpha value is -2.28. The standard InChI is InChI=1S/C14H14N2O4S/c1-15-6-5-12(9-15)21(19,20)16-7-4-10-2-3-11(14(17)18)8-13(10)16/h2-3,5-6,8-9H,4,7H2,1H3,(H,17,18). The molecule has 0 radical (unpaired) electrons. The van der Waals surface area contributed by atoms with Gasteiger partial charge < -0.3 is 9.67 Å². The highest BCUT2D eigenvalue weighted by molar-refractivity contribution is 7.92. The Morgan fingerprint density at radius 3 is 2.67 bits per heavy atom. The molecule has 1 N–H and O–H groups in total. The van der Waals surface area contributed by atoms with Gasteiger partial charge in [0.2, 0.25) is 0 Å². The van der Waals surface area contributed by atoms with Gasteiger partial charge in [0.05, 0.1) is 11.3 Å². The van der Waals surface area contributed by atoms with E-state index in [9.17, 15) is 13.2 Å². The SMILES string of the molecule is Cn1ccc(S(=O)(=O)N2CCc3ccc(C(=O)O)cc32)c1. The number of carboxylic acids is 1. The Labute approximate surface area is 122 Å². The van der Waals surface area contributed by atoms with Crippen LogP contribution in [0.2, 0.25) is 0 Å². The van der Waals surface area contributed by atoms with Crippen molar-refractivity contribution in [3.8, 4) is 0 Å². The van der Waals surface area contributed by atoms with E-state index < -0.39 is 16.0 Å². The normalized spacial score (nSPS) is 14.2. The summed E-state index contributed by atoms with van der Waals surface area (Å²) < 4.78 is 28.3. The summed E-state index contributed by atoms with van der Waals surface area (Å²) in [5, 5.41) is 9.05. The van der Waals surface area contributed by atoms with Gasteiger partial charge in [-0.25, -0.2) is 13.2 Å². The number of aryl methyl sites for hydroxylation is 1. The summed E-state index contributed by atoms with van der Waals surface area (Å²) in [7, 11) is -1.90. The molecule has 110 valence electrons. The van der Waals surface area contributed by atoms with E-state index in [0.29, 0.717) is 18.7 Å². The number of hydrogen-bond acceptors (Lipinski definition) is 3. The minimum atomic E-state index is -3.65. The second kappa shape index (κ2) is 4.63. The molecule has 0 fully saturated rings.